The average Bonchev–Trinajstić information content (AvgIpc) is 3.32. The van der Waals surface area contributed by atoms with Gasteiger partial charge < -0.3 is 10.6 Å². The first-order valence-corrected chi connectivity index (χ1v) is 13.6. The minimum atomic E-state index is -3.36. The molecule has 1 aromatic heterocycles. The Balaban J connectivity index is 1.94. The molecule has 1 saturated carbocycles. The first kappa shape index (κ1) is 23.5. The molecule has 1 aliphatic rings. The summed E-state index contributed by atoms with van der Waals surface area (Å²) >= 11 is 3.31. The lowest BCUT2D eigenvalue weighted by atomic mass is 10.2. The third-order valence-corrected chi connectivity index (χ3v) is 9.72. The zero-order valence-electron chi connectivity index (χ0n) is 17.4. The number of nitrogens with zero attached hydrogens (tertiary/aromatic N) is 2. The molecule has 0 bridgehead atoms. The van der Waals surface area contributed by atoms with Crippen LogP contribution in [0.5, 0.6) is 0 Å². The second-order valence-electron chi connectivity index (χ2n) is 6.83. The molecule has 28 heavy (non-hydrogen) atoms. The monoisotopic (exact) mass is 446 g/mol. The molecule has 1 aliphatic carbocycles. The molecule has 1 heterocycles. The standard InChI is InChI=1S/C19H34N4O2S3/c1-5-20-19(22-15-8-9-17(14-15)26-4)21-13-12-16-10-11-18(27-16)28(24,25)23(6-2)7-3/h10-11,15,17H,5-9,12-14H2,1-4H3,(H2,20,21,22). The van der Waals surface area contributed by atoms with Gasteiger partial charge in [0.25, 0.3) is 10.0 Å². The summed E-state index contributed by atoms with van der Waals surface area (Å²) in [6, 6.07) is 4.13. The molecule has 9 heteroatoms. The Morgan fingerprint density at radius 2 is 2.04 bits per heavy atom. The molecule has 0 radical (unpaired) electrons. The van der Waals surface area contributed by atoms with Crippen LogP contribution >= 0.6 is 23.1 Å². The van der Waals surface area contributed by atoms with Crippen molar-refractivity contribution < 1.29 is 8.42 Å². The third-order valence-electron chi connectivity index (χ3n) is 4.97. The van der Waals surface area contributed by atoms with Crippen molar-refractivity contribution in [2.45, 2.75) is 62.0 Å². The molecule has 0 amide bonds. The van der Waals surface area contributed by atoms with E-state index in [0.29, 0.717) is 29.9 Å². The Labute approximate surface area is 178 Å². The molecule has 0 aromatic carbocycles. The van der Waals surface area contributed by atoms with Gasteiger partial charge in [0.2, 0.25) is 0 Å². The maximum absolute atomic E-state index is 12.6. The Morgan fingerprint density at radius 3 is 2.64 bits per heavy atom. The van der Waals surface area contributed by atoms with Gasteiger partial charge in [0.15, 0.2) is 5.96 Å². The minimum Gasteiger partial charge on any atom is -0.357 e. The average molecular weight is 447 g/mol. The second kappa shape index (κ2) is 11.4. The van der Waals surface area contributed by atoms with Crippen molar-refractivity contribution in [1.82, 2.24) is 14.9 Å². The highest BCUT2D eigenvalue weighted by atomic mass is 32.2. The summed E-state index contributed by atoms with van der Waals surface area (Å²) in [5.74, 6) is 0.863. The van der Waals surface area contributed by atoms with E-state index in [2.05, 4.69) is 23.8 Å². The number of hydrogen-bond acceptors (Lipinski definition) is 5. The molecular formula is C19H34N4O2S3. The smallest absolute Gasteiger partial charge is 0.252 e. The van der Waals surface area contributed by atoms with Gasteiger partial charge in [-0.05, 0) is 44.6 Å². The van der Waals surface area contributed by atoms with Crippen LogP contribution in [0.25, 0.3) is 0 Å². The van der Waals surface area contributed by atoms with Crippen molar-refractivity contribution in [3.63, 3.8) is 0 Å². The van der Waals surface area contributed by atoms with E-state index in [9.17, 15) is 8.42 Å². The first-order chi connectivity index (χ1) is 13.4. The summed E-state index contributed by atoms with van der Waals surface area (Å²) in [5, 5.41) is 7.62. The Morgan fingerprint density at radius 1 is 1.29 bits per heavy atom. The van der Waals surface area contributed by atoms with E-state index in [1.807, 2.05) is 31.7 Å². The third kappa shape index (κ3) is 6.37. The van der Waals surface area contributed by atoms with Crippen LogP contribution in [0, 0.1) is 0 Å². The summed E-state index contributed by atoms with van der Waals surface area (Å²) in [6.07, 6.45) is 6.56. The van der Waals surface area contributed by atoms with Crippen molar-refractivity contribution in [3.05, 3.63) is 17.0 Å². The van der Waals surface area contributed by atoms with Gasteiger partial charge in [0, 0.05) is 48.8 Å². The van der Waals surface area contributed by atoms with E-state index in [-0.39, 0.29) is 0 Å². The molecule has 2 rings (SSSR count). The normalized spacial score (nSPS) is 20.7. The Bertz CT molecular complexity index is 729. The molecule has 0 spiro atoms. The molecule has 1 aromatic rings. The van der Waals surface area contributed by atoms with Gasteiger partial charge in [-0.15, -0.1) is 11.3 Å². The first-order valence-electron chi connectivity index (χ1n) is 10.1. The van der Waals surface area contributed by atoms with Crippen molar-refractivity contribution in [2.24, 2.45) is 4.99 Å². The predicted octanol–water partition coefficient (Wildman–Crippen LogP) is 3.16. The van der Waals surface area contributed by atoms with Gasteiger partial charge in [-0.3, -0.25) is 4.99 Å². The van der Waals surface area contributed by atoms with Crippen molar-refractivity contribution >= 4 is 39.1 Å². The van der Waals surface area contributed by atoms with E-state index in [4.69, 9.17) is 4.99 Å². The van der Waals surface area contributed by atoms with E-state index in [1.165, 1.54) is 34.9 Å². The molecule has 2 N–H and O–H groups in total. The van der Waals surface area contributed by atoms with Crippen molar-refractivity contribution in [1.29, 1.82) is 0 Å². The lowest BCUT2D eigenvalue weighted by molar-refractivity contribution is 0.447. The van der Waals surface area contributed by atoms with E-state index < -0.39 is 10.0 Å². The number of rotatable bonds is 10. The molecule has 2 unspecified atom stereocenters. The van der Waals surface area contributed by atoms with Crippen LogP contribution in [0.3, 0.4) is 0 Å². The fourth-order valence-electron chi connectivity index (χ4n) is 3.40. The van der Waals surface area contributed by atoms with Crippen LogP contribution < -0.4 is 10.6 Å². The van der Waals surface area contributed by atoms with Crippen LogP contribution in [0.4, 0.5) is 0 Å². The van der Waals surface area contributed by atoms with E-state index >= 15 is 0 Å². The quantitative estimate of drug-likeness (QED) is 0.427. The predicted molar refractivity (Wildman–Crippen MR) is 122 cm³/mol. The number of sulfonamides is 1. The number of nitrogens with one attached hydrogen (secondary N) is 2. The van der Waals surface area contributed by atoms with Gasteiger partial charge in [-0.2, -0.15) is 16.1 Å². The van der Waals surface area contributed by atoms with Gasteiger partial charge in [-0.25, -0.2) is 8.42 Å². The van der Waals surface area contributed by atoms with Crippen LogP contribution in [0.1, 0.15) is 44.9 Å². The van der Waals surface area contributed by atoms with Crippen LogP contribution in [-0.2, 0) is 16.4 Å². The number of thioether (sulfide) groups is 1. The lowest BCUT2D eigenvalue weighted by Crippen LogP contribution is -2.42. The number of aliphatic imine (C=N–C) groups is 1. The number of thiophene rings is 1. The fourth-order valence-corrected chi connectivity index (χ4v) is 7.15. The van der Waals surface area contributed by atoms with Crippen molar-refractivity contribution in [3.8, 4) is 0 Å². The lowest BCUT2D eigenvalue weighted by Gasteiger charge is -2.17. The minimum absolute atomic E-state index is 0.425. The molecule has 1 fully saturated rings. The molecular weight excluding hydrogens is 412 g/mol. The Hall–Kier alpha value is -0.770. The van der Waals surface area contributed by atoms with Gasteiger partial charge >= 0.3 is 0 Å². The summed E-state index contributed by atoms with van der Waals surface area (Å²) in [4.78, 5) is 5.75. The molecule has 160 valence electrons. The second-order valence-corrected chi connectivity index (χ2v) is 11.3. The zero-order valence-corrected chi connectivity index (χ0v) is 19.9. The number of guanidine groups is 1. The molecule has 2 atom stereocenters. The van der Waals surface area contributed by atoms with Crippen LogP contribution in [0.2, 0.25) is 0 Å². The van der Waals surface area contributed by atoms with Crippen LogP contribution in [-0.4, -0.2) is 62.4 Å². The topological polar surface area (TPSA) is 73.8 Å². The highest BCUT2D eigenvalue weighted by Crippen LogP contribution is 2.28. The van der Waals surface area contributed by atoms with Crippen LogP contribution in [0.15, 0.2) is 21.3 Å². The summed E-state index contributed by atoms with van der Waals surface area (Å²) < 4.78 is 27.1. The summed E-state index contributed by atoms with van der Waals surface area (Å²) in [5.41, 5.74) is 0. The molecule has 0 saturated heterocycles. The maximum atomic E-state index is 12.6. The fraction of sp³-hybridized carbons (Fsp3) is 0.737. The molecule has 0 aliphatic heterocycles. The zero-order chi connectivity index (χ0) is 20.6. The number of hydrogen-bond donors (Lipinski definition) is 2. The maximum Gasteiger partial charge on any atom is 0.252 e. The highest BCUT2D eigenvalue weighted by Gasteiger charge is 2.25. The van der Waals surface area contributed by atoms with E-state index in [1.54, 1.807) is 6.07 Å². The summed E-state index contributed by atoms with van der Waals surface area (Å²) in [6.45, 7) is 8.26. The summed E-state index contributed by atoms with van der Waals surface area (Å²) in [7, 11) is -3.36. The SMILES string of the molecule is CCNC(=NCCc1ccc(S(=O)(=O)N(CC)CC)s1)NC1CCC(SC)C1. The van der Waals surface area contributed by atoms with Gasteiger partial charge in [0.1, 0.15) is 4.21 Å². The molecule has 6 nitrogen and oxygen atoms in total. The largest absolute Gasteiger partial charge is 0.357 e. The van der Waals surface area contributed by atoms with Gasteiger partial charge in [-0.1, -0.05) is 13.8 Å². The van der Waals surface area contributed by atoms with Crippen molar-refractivity contribution in [2.75, 3.05) is 32.4 Å². The van der Waals surface area contributed by atoms with E-state index in [0.717, 1.165) is 29.1 Å². The Kier molecular flexibility index (Phi) is 9.59. The van der Waals surface area contributed by atoms with Gasteiger partial charge in [0.05, 0.1) is 0 Å². The highest BCUT2D eigenvalue weighted by molar-refractivity contribution is 7.99.